The van der Waals surface area contributed by atoms with E-state index in [1.54, 1.807) is 6.20 Å². The highest BCUT2D eigenvalue weighted by molar-refractivity contribution is 5.90. The third-order valence-electron chi connectivity index (χ3n) is 4.32. The van der Waals surface area contributed by atoms with Crippen molar-refractivity contribution < 1.29 is 5.11 Å². The van der Waals surface area contributed by atoms with Crippen molar-refractivity contribution in [1.29, 1.82) is 5.26 Å². The Bertz CT molecular complexity index is 722. The Labute approximate surface area is 141 Å². The van der Waals surface area contributed by atoms with Gasteiger partial charge in [0.15, 0.2) is 5.96 Å². The molecule has 6 nitrogen and oxygen atoms in total. The van der Waals surface area contributed by atoms with Crippen molar-refractivity contribution in [3.63, 3.8) is 0 Å². The molecule has 0 aromatic carbocycles. The standard InChI is InChI=1S/C18H21N5O/c1-12-11-21-18(22-13-5-7-14(24)8-6-13)23-17(12)15(10-19)16-4-2-3-9-20-16/h2-4,9,11,13-14,24H,5-8H2,1H3,(H2,21,22,23). The van der Waals surface area contributed by atoms with E-state index in [9.17, 15) is 10.4 Å². The predicted molar refractivity (Wildman–Crippen MR) is 92.5 cm³/mol. The number of pyridine rings is 1. The number of nitrogens with zero attached hydrogens (tertiary/aromatic N) is 3. The minimum Gasteiger partial charge on any atom is -0.393 e. The van der Waals surface area contributed by atoms with Gasteiger partial charge < -0.3 is 15.7 Å². The molecule has 124 valence electrons. The molecule has 0 atom stereocenters. The van der Waals surface area contributed by atoms with Crippen LogP contribution in [-0.2, 0) is 0 Å². The van der Waals surface area contributed by atoms with Gasteiger partial charge in [0.2, 0.25) is 0 Å². The lowest BCUT2D eigenvalue weighted by atomic mass is 9.94. The summed E-state index contributed by atoms with van der Waals surface area (Å²) in [7, 11) is 0. The van der Waals surface area contributed by atoms with Crippen LogP contribution < -0.4 is 10.6 Å². The molecule has 1 saturated carbocycles. The summed E-state index contributed by atoms with van der Waals surface area (Å²) in [5.74, 6) is 0.640. The second-order valence-corrected chi connectivity index (χ2v) is 6.11. The Balaban J connectivity index is 1.87. The Kier molecular flexibility index (Phi) is 4.92. The molecule has 0 spiro atoms. The van der Waals surface area contributed by atoms with E-state index in [2.05, 4.69) is 21.7 Å². The quantitative estimate of drug-likeness (QED) is 0.725. The highest BCUT2D eigenvalue weighted by Crippen LogP contribution is 2.23. The normalized spacial score (nSPS) is 27.5. The van der Waals surface area contributed by atoms with Crippen LogP contribution in [0.3, 0.4) is 0 Å². The first-order valence-corrected chi connectivity index (χ1v) is 8.19. The zero-order valence-electron chi connectivity index (χ0n) is 13.7. The minimum atomic E-state index is -0.194. The monoisotopic (exact) mass is 323 g/mol. The Morgan fingerprint density at radius 3 is 2.79 bits per heavy atom. The lowest BCUT2D eigenvalue weighted by Crippen LogP contribution is -2.40. The summed E-state index contributed by atoms with van der Waals surface area (Å²) < 4.78 is 0. The third-order valence-corrected chi connectivity index (χ3v) is 4.32. The van der Waals surface area contributed by atoms with Gasteiger partial charge in [-0.3, -0.25) is 4.98 Å². The van der Waals surface area contributed by atoms with Crippen molar-refractivity contribution in [2.24, 2.45) is 4.99 Å². The molecule has 1 aliphatic carbocycles. The topological polar surface area (TPSA) is 93.3 Å². The fourth-order valence-electron chi connectivity index (χ4n) is 2.95. The molecule has 0 unspecified atom stereocenters. The van der Waals surface area contributed by atoms with Gasteiger partial charge in [-0.05, 0) is 50.3 Å². The van der Waals surface area contributed by atoms with Crippen LogP contribution in [0, 0.1) is 11.3 Å². The fourth-order valence-corrected chi connectivity index (χ4v) is 2.95. The summed E-state index contributed by atoms with van der Waals surface area (Å²) in [6.07, 6.45) is 6.66. The molecule has 6 heteroatoms. The van der Waals surface area contributed by atoms with Gasteiger partial charge in [-0.2, -0.15) is 5.26 Å². The number of nitrogens with one attached hydrogen (secondary N) is 2. The zero-order chi connectivity index (χ0) is 16.9. The number of guanidine groups is 1. The van der Waals surface area contributed by atoms with Crippen molar-refractivity contribution in [3.8, 4) is 6.07 Å². The van der Waals surface area contributed by atoms with Gasteiger partial charge in [0.1, 0.15) is 11.6 Å². The first-order chi connectivity index (χ1) is 11.7. The molecule has 0 radical (unpaired) electrons. The van der Waals surface area contributed by atoms with Gasteiger partial charge in [0.05, 0.1) is 23.5 Å². The molecular weight excluding hydrogens is 302 g/mol. The highest BCUT2D eigenvalue weighted by atomic mass is 16.3. The van der Waals surface area contributed by atoms with Crippen LogP contribution in [0.4, 0.5) is 0 Å². The SMILES string of the molecule is CC1=CNC(=NC2CCC(O)CC2)NC1=C(C#N)c1ccccn1. The second-order valence-electron chi connectivity index (χ2n) is 6.11. The van der Waals surface area contributed by atoms with Crippen molar-refractivity contribution in [3.05, 3.63) is 47.6 Å². The van der Waals surface area contributed by atoms with E-state index in [0.29, 0.717) is 17.2 Å². The van der Waals surface area contributed by atoms with Crippen LogP contribution in [0.2, 0.25) is 0 Å². The van der Waals surface area contributed by atoms with E-state index in [1.807, 2.05) is 31.3 Å². The van der Waals surface area contributed by atoms with Crippen LogP contribution >= 0.6 is 0 Å². The predicted octanol–water partition coefficient (Wildman–Crippen LogP) is 2.07. The number of hydrogen-bond acceptors (Lipinski definition) is 4. The lowest BCUT2D eigenvalue weighted by molar-refractivity contribution is 0.123. The average Bonchev–Trinajstić information content (AvgIpc) is 2.61. The van der Waals surface area contributed by atoms with Crippen LogP contribution in [0.5, 0.6) is 0 Å². The summed E-state index contributed by atoms with van der Waals surface area (Å²) in [6.45, 7) is 1.93. The fraction of sp³-hybridized carbons (Fsp3) is 0.389. The van der Waals surface area contributed by atoms with Gasteiger partial charge in [0.25, 0.3) is 0 Å². The molecule has 3 N–H and O–H groups in total. The lowest BCUT2D eigenvalue weighted by Gasteiger charge is -2.26. The van der Waals surface area contributed by atoms with Crippen molar-refractivity contribution >= 4 is 11.5 Å². The maximum Gasteiger partial charge on any atom is 0.200 e. The van der Waals surface area contributed by atoms with E-state index in [0.717, 1.165) is 37.0 Å². The smallest absolute Gasteiger partial charge is 0.200 e. The molecular formula is C18H21N5O. The molecule has 2 heterocycles. The number of allylic oxidation sites excluding steroid dienone is 2. The number of hydrogen-bond donors (Lipinski definition) is 3. The van der Waals surface area contributed by atoms with Crippen LogP contribution in [0.1, 0.15) is 38.3 Å². The molecule has 24 heavy (non-hydrogen) atoms. The van der Waals surface area contributed by atoms with Gasteiger partial charge in [-0.15, -0.1) is 0 Å². The van der Waals surface area contributed by atoms with E-state index in [1.165, 1.54) is 0 Å². The maximum absolute atomic E-state index is 9.60. The van der Waals surface area contributed by atoms with Crippen LogP contribution in [0.15, 0.2) is 46.9 Å². The number of aliphatic hydroxyl groups excluding tert-OH is 1. The van der Waals surface area contributed by atoms with Crippen LogP contribution in [0.25, 0.3) is 5.57 Å². The summed E-state index contributed by atoms with van der Waals surface area (Å²) >= 11 is 0. The van der Waals surface area contributed by atoms with Crippen molar-refractivity contribution in [2.75, 3.05) is 0 Å². The Morgan fingerprint density at radius 2 is 2.12 bits per heavy atom. The second kappa shape index (κ2) is 7.28. The first kappa shape index (κ1) is 16.2. The Hall–Kier alpha value is -2.65. The Morgan fingerprint density at radius 1 is 1.33 bits per heavy atom. The first-order valence-electron chi connectivity index (χ1n) is 8.19. The molecule has 1 aromatic rings. The molecule has 1 aromatic heterocycles. The number of nitriles is 1. The van der Waals surface area contributed by atoms with Gasteiger partial charge in [-0.25, -0.2) is 4.99 Å². The van der Waals surface area contributed by atoms with Gasteiger partial charge in [0, 0.05) is 12.4 Å². The van der Waals surface area contributed by atoms with Gasteiger partial charge in [-0.1, -0.05) is 6.07 Å². The van der Waals surface area contributed by atoms with E-state index < -0.39 is 0 Å². The van der Waals surface area contributed by atoms with E-state index >= 15 is 0 Å². The molecule has 0 saturated heterocycles. The number of aromatic nitrogens is 1. The summed E-state index contributed by atoms with van der Waals surface area (Å²) in [5.41, 5.74) is 2.79. The summed E-state index contributed by atoms with van der Waals surface area (Å²) in [6, 6.07) is 7.95. The summed E-state index contributed by atoms with van der Waals surface area (Å²) in [5, 5.41) is 25.6. The average molecular weight is 323 g/mol. The molecule has 3 rings (SSSR count). The minimum absolute atomic E-state index is 0.192. The zero-order valence-corrected chi connectivity index (χ0v) is 13.7. The highest BCUT2D eigenvalue weighted by Gasteiger charge is 2.21. The number of rotatable bonds is 2. The molecule has 1 fully saturated rings. The molecule has 0 amide bonds. The van der Waals surface area contributed by atoms with Crippen LogP contribution in [-0.4, -0.2) is 28.2 Å². The van der Waals surface area contributed by atoms with Crippen molar-refractivity contribution in [2.45, 2.75) is 44.8 Å². The van der Waals surface area contributed by atoms with Crippen molar-refractivity contribution in [1.82, 2.24) is 15.6 Å². The van der Waals surface area contributed by atoms with Gasteiger partial charge >= 0.3 is 0 Å². The molecule has 0 bridgehead atoms. The van der Waals surface area contributed by atoms with E-state index in [4.69, 9.17) is 4.99 Å². The third kappa shape index (κ3) is 3.63. The molecule has 1 aliphatic heterocycles. The maximum atomic E-state index is 9.60. The summed E-state index contributed by atoms with van der Waals surface area (Å²) in [4.78, 5) is 8.97. The largest absolute Gasteiger partial charge is 0.393 e. The number of aliphatic hydroxyl groups is 1. The van der Waals surface area contributed by atoms with E-state index in [-0.39, 0.29) is 12.1 Å². The number of aliphatic imine (C=N–C) groups is 1. The molecule has 2 aliphatic rings.